The minimum Gasteiger partial charge on any atom is -0.372 e. The molecule has 0 aliphatic heterocycles. The van der Waals surface area contributed by atoms with E-state index in [1.165, 1.54) is 0 Å². The smallest absolute Gasteiger partial charge is 0.163 e. The van der Waals surface area contributed by atoms with Crippen molar-refractivity contribution in [2.24, 2.45) is 0 Å². The molecule has 0 radical (unpaired) electrons. The highest BCUT2D eigenvalue weighted by Crippen LogP contribution is 2.32. The van der Waals surface area contributed by atoms with Gasteiger partial charge in [0.2, 0.25) is 0 Å². The molecule has 106 valence electrons. The van der Waals surface area contributed by atoms with Gasteiger partial charge in [-0.2, -0.15) is 0 Å². The van der Waals surface area contributed by atoms with Crippen molar-refractivity contribution in [1.82, 2.24) is 9.97 Å². The van der Waals surface area contributed by atoms with Crippen molar-refractivity contribution in [3.8, 4) is 11.4 Å². The summed E-state index contributed by atoms with van der Waals surface area (Å²) >= 11 is 12.0. The molecule has 0 aliphatic rings. The number of nitrogens with zero attached hydrogens (tertiary/aromatic N) is 2. The molecule has 3 nitrogen and oxygen atoms in total. The average molecular weight is 467 g/mol. The first-order valence-electron chi connectivity index (χ1n) is 6.14. The largest absolute Gasteiger partial charge is 0.372 e. The van der Waals surface area contributed by atoms with Gasteiger partial charge in [-0.3, -0.25) is 0 Å². The molecule has 0 amide bonds. The van der Waals surface area contributed by atoms with E-state index in [1.807, 2.05) is 25.2 Å². The Labute approximate surface area is 145 Å². The van der Waals surface area contributed by atoms with Crippen LogP contribution in [-0.4, -0.2) is 17.0 Å². The van der Waals surface area contributed by atoms with Crippen LogP contribution in [0.2, 0.25) is 5.02 Å². The van der Waals surface area contributed by atoms with Crippen molar-refractivity contribution < 1.29 is 0 Å². The fourth-order valence-electron chi connectivity index (χ4n) is 1.80. The molecule has 0 saturated heterocycles. The van der Waals surface area contributed by atoms with E-state index in [4.69, 9.17) is 11.6 Å². The highest BCUT2D eigenvalue weighted by atomic mass is 127. The molecule has 1 aromatic heterocycles. The van der Waals surface area contributed by atoms with Crippen molar-refractivity contribution in [2.75, 3.05) is 12.4 Å². The SMILES string of the molecule is CNc1nc(-c2cc(Br)ccc2Cl)nc(C(C)C)c1I. The van der Waals surface area contributed by atoms with Crippen molar-refractivity contribution in [1.29, 1.82) is 0 Å². The van der Waals surface area contributed by atoms with Crippen LogP contribution in [-0.2, 0) is 0 Å². The molecule has 0 fully saturated rings. The summed E-state index contributed by atoms with van der Waals surface area (Å²) < 4.78 is 2.01. The van der Waals surface area contributed by atoms with Crippen LogP contribution in [0, 0.1) is 3.57 Å². The first-order valence-corrected chi connectivity index (χ1v) is 8.39. The number of nitrogens with one attached hydrogen (secondary N) is 1. The minimum atomic E-state index is 0.321. The van der Waals surface area contributed by atoms with E-state index in [-0.39, 0.29) is 0 Å². The number of rotatable bonds is 3. The Hall–Kier alpha value is -0.400. The highest BCUT2D eigenvalue weighted by molar-refractivity contribution is 14.1. The third-order valence-electron chi connectivity index (χ3n) is 2.83. The number of halogens is 3. The second-order valence-electron chi connectivity index (χ2n) is 4.62. The fourth-order valence-corrected chi connectivity index (χ4v) is 3.50. The predicted octanol–water partition coefficient (Wildman–Crippen LogP) is 5.33. The molecule has 20 heavy (non-hydrogen) atoms. The first-order chi connectivity index (χ1) is 9.43. The van der Waals surface area contributed by atoms with Gasteiger partial charge >= 0.3 is 0 Å². The average Bonchev–Trinajstić information content (AvgIpc) is 2.41. The van der Waals surface area contributed by atoms with Crippen molar-refractivity contribution in [2.45, 2.75) is 19.8 Å². The maximum Gasteiger partial charge on any atom is 0.163 e. The molecular weight excluding hydrogens is 452 g/mol. The number of aromatic nitrogens is 2. The summed E-state index contributed by atoms with van der Waals surface area (Å²) in [5.41, 5.74) is 1.85. The van der Waals surface area contributed by atoms with Gasteiger partial charge in [-0.1, -0.05) is 41.4 Å². The normalized spacial score (nSPS) is 10.9. The summed E-state index contributed by atoms with van der Waals surface area (Å²) in [4.78, 5) is 9.26. The first kappa shape index (κ1) is 16.0. The highest BCUT2D eigenvalue weighted by Gasteiger charge is 2.16. The third kappa shape index (κ3) is 3.26. The molecule has 0 saturated carbocycles. The van der Waals surface area contributed by atoms with E-state index in [0.717, 1.165) is 25.1 Å². The van der Waals surface area contributed by atoms with E-state index in [1.54, 1.807) is 0 Å². The Morgan fingerprint density at radius 1 is 1.30 bits per heavy atom. The van der Waals surface area contributed by atoms with Crippen LogP contribution in [0.15, 0.2) is 22.7 Å². The van der Waals surface area contributed by atoms with Crippen molar-refractivity contribution in [3.63, 3.8) is 0 Å². The number of benzene rings is 1. The van der Waals surface area contributed by atoms with Crippen LogP contribution >= 0.6 is 50.1 Å². The Balaban J connectivity index is 2.68. The monoisotopic (exact) mass is 465 g/mol. The summed E-state index contributed by atoms with van der Waals surface area (Å²) in [6, 6.07) is 5.69. The van der Waals surface area contributed by atoms with Gasteiger partial charge in [-0.05, 0) is 46.7 Å². The predicted molar refractivity (Wildman–Crippen MR) is 96.5 cm³/mol. The van der Waals surface area contributed by atoms with E-state index in [2.05, 4.69) is 67.7 Å². The second kappa shape index (κ2) is 6.58. The zero-order valence-corrected chi connectivity index (χ0v) is 15.8. The van der Waals surface area contributed by atoms with Crippen molar-refractivity contribution in [3.05, 3.63) is 37.0 Å². The van der Waals surface area contributed by atoms with Gasteiger partial charge in [-0.25, -0.2) is 9.97 Å². The summed E-state index contributed by atoms with van der Waals surface area (Å²) in [6.45, 7) is 4.24. The number of anilines is 1. The van der Waals surface area contributed by atoms with Crippen LogP contribution in [0.1, 0.15) is 25.5 Å². The molecule has 6 heteroatoms. The molecule has 0 aliphatic carbocycles. The summed E-state index contributed by atoms with van der Waals surface area (Å²) in [5, 5.41) is 3.77. The molecule has 2 aromatic rings. The Morgan fingerprint density at radius 3 is 2.60 bits per heavy atom. The topological polar surface area (TPSA) is 37.8 Å². The van der Waals surface area contributed by atoms with Crippen molar-refractivity contribution >= 4 is 55.9 Å². The lowest BCUT2D eigenvalue weighted by atomic mass is 10.1. The lowest BCUT2D eigenvalue weighted by Crippen LogP contribution is -2.06. The maximum absolute atomic E-state index is 6.27. The van der Waals surface area contributed by atoms with Gasteiger partial charge in [0.05, 0.1) is 14.3 Å². The van der Waals surface area contributed by atoms with E-state index in [0.29, 0.717) is 16.8 Å². The zero-order valence-electron chi connectivity index (χ0n) is 11.3. The van der Waals surface area contributed by atoms with Gasteiger partial charge in [0.1, 0.15) is 5.82 Å². The van der Waals surface area contributed by atoms with E-state index in [9.17, 15) is 0 Å². The molecule has 0 bridgehead atoms. The summed E-state index contributed by atoms with van der Waals surface area (Å²) in [7, 11) is 1.86. The fraction of sp³-hybridized carbons (Fsp3) is 0.286. The van der Waals surface area contributed by atoms with Gasteiger partial charge in [0, 0.05) is 17.1 Å². The quantitative estimate of drug-likeness (QED) is 0.622. The zero-order chi connectivity index (χ0) is 14.9. The van der Waals surface area contributed by atoms with Crippen LogP contribution < -0.4 is 5.32 Å². The molecule has 0 atom stereocenters. The molecule has 1 heterocycles. The van der Waals surface area contributed by atoms with E-state index < -0.39 is 0 Å². The second-order valence-corrected chi connectivity index (χ2v) is 7.03. The van der Waals surface area contributed by atoms with Crippen LogP contribution in [0.25, 0.3) is 11.4 Å². The lowest BCUT2D eigenvalue weighted by molar-refractivity contribution is 0.809. The van der Waals surface area contributed by atoms with Gasteiger partial charge in [0.25, 0.3) is 0 Å². The summed E-state index contributed by atoms with van der Waals surface area (Å²) in [5.74, 6) is 1.79. The number of hydrogen-bond donors (Lipinski definition) is 1. The maximum atomic E-state index is 6.27. The Kier molecular flexibility index (Phi) is 5.25. The molecule has 0 spiro atoms. The van der Waals surface area contributed by atoms with Gasteiger partial charge in [-0.15, -0.1) is 0 Å². The molecule has 1 N–H and O–H groups in total. The van der Waals surface area contributed by atoms with Gasteiger partial charge < -0.3 is 5.32 Å². The van der Waals surface area contributed by atoms with E-state index >= 15 is 0 Å². The standard InChI is InChI=1S/C14H14BrClIN3/c1-7(2)12-11(17)14(18-3)20-13(19-12)9-6-8(15)4-5-10(9)16/h4-7H,1-3H3,(H,18,19,20). The van der Waals surface area contributed by atoms with Crippen LogP contribution in [0.4, 0.5) is 5.82 Å². The minimum absolute atomic E-state index is 0.321. The van der Waals surface area contributed by atoms with Crippen LogP contribution in [0.3, 0.4) is 0 Å². The molecule has 0 unspecified atom stereocenters. The Morgan fingerprint density at radius 2 is 2.00 bits per heavy atom. The Bertz CT molecular complexity index is 647. The van der Waals surface area contributed by atoms with Gasteiger partial charge in [0.15, 0.2) is 5.82 Å². The third-order valence-corrected chi connectivity index (χ3v) is 4.72. The molecular formula is C14H14BrClIN3. The van der Waals surface area contributed by atoms with Crippen LogP contribution in [0.5, 0.6) is 0 Å². The lowest BCUT2D eigenvalue weighted by Gasteiger charge is -2.14. The summed E-state index contributed by atoms with van der Waals surface area (Å²) in [6.07, 6.45) is 0. The molecule has 1 aromatic carbocycles. The molecule has 2 rings (SSSR count). The number of hydrogen-bond acceptors (Lipinski definition) is 3.